The second-order valence-electron chi connectivity index (χ2n) is 6.03. The lowest BCUT2D eigenvalue weighted by atomic mass is 9.91. The van der Waals surface area contributed by atoms with E-state index >= 15 is 0 Å². The van der Waals surface area contributed by atoms with Crippen LogP contribution in [0.2, 0.25) is 0 Å². The molecular weight excluding hydrogens is 348 g/mol. The molecule has 24 heavy (non-hydrogen) atoms. The summed E-state index contributed by atoms with van der Waals surface area (Å²) < 4.78 is 28.8. The topological polar surface area (TPSA) is 84.2 Å². The number of hydrogen-bond donors (Lipinski definition) is 0. The molecule has 0 N–H and O–H groups in total. The second kappa shape index (κ2) is 5.71. The Kier molecular flexibility index (Phi) is 3.77. The van der Waals surface area contributed by atoms with Gasteiger partial charge in [-0.15, -0.1) is 0 Å². The summed E-state index contributed by atoms with van der Waals surface area (Å²) in [4.78, 5) is 11.1. The molecule has 2 aromatic heterocycles. The van der Waals surface area contributed by atoms with E-state index in [1.807, 2.05) is 12.3 Å². The molecule has 128 valence electrons. The first-order chi connectivity index (χ1) is 11.5. The average molecular weight is 366 g/mol. The van der Waals surface area contributed by atoms with Gasteiger partial charge in [-0.25, -0.2) is 18.4 Å². The van der Waals surface area contributed by atoms with Crippen LogP contribution in [0.15, 0.2) is 34.7 Å². The lowest BCUT2D eigenvalue weighted by Crippen LogP contribution is -2.70. The Bertz CT molecular complexity index is 856. The summed E-state index contributed by atoms with van der Waals surface area (Å²) in [7, 11) is -1.75. The zero-order valence-electron chi connectivity index (χ0n) is 13.4. The van der Waals surface area contributed by atoms with Crippen LogP contribution < -0.4 is 4.90 Å². The molecule has 0 radical (unpaired) electrons. The number of sulfonamides is 1. The third-order valence-electron chi connectivity index (χ3n) is 4.51. The summed E-state index contributed by atoms with van der Waals surface area (Å²) in [5, 5.41) is 4.71. The van der Waals surface area contributed by atoms with Crippen molar-refractivity contribution < 1.29 is 8.42 Å². The van der Waals surface area contributed by atoms with Crippen LogP contribution in [-0.2, 0) is 17.1 Å². The number of hydrogen-bond acceptors (Lipinski definition) is 7. The second-order valence-corrected chi connectivity index (χ2v) is 8.65. The highest BCUT2D eigenvalue weighted by molar-refractivity contribution is 7.98. The highest BCUT2D eigenvalue weighted by Gasteiger charge is 2.51. The molecule has 0 aliphatic carbocycles. The van der Waals surface area contributed by atoms with Crippen LogP contribution in [0.1, 0.15) is 6.42 Å². The van der Waals surface area contributed by atoms with Crippen molar-refractivity contribution in [3.05, 3.63) is 24.7 Å². The first-order valence-electron chi connectivity index (χ1n) is 7.63. The zero-order valence-corrected chi connectivity index (χ0v) is 15.0. The van der Waals surface area contributed by atoms with E-state index < -0.39 is 10.0 Å². The van der Waals surface area contributed by atoms with Crippen LogP contribution in [0, 0.1) is 0 Å². The molecule has 0 amide bonds. The van der Waals surface area contributed by atoms with Crippen LogP contribution in [-0.4, -0.2) is 63.9 Å². The molecule has 10 heteroatoms. The predicted octanol–water partition coefficient (Wildman–Crippen LogP) is 0.584. The van der Waals surface area contributed by atoms with E-state index in [2.05, 4.69) is 20.0 Å². The van der Waals surface area contributed by atoms with E-state index in [1.54, 1.807) is 23.7 Å². The molecule has 3 aliphatic rings. The Labute approximate surface area is 144 Å². The number of piperazine rings is 1. The summed E-state index contributed by atoms with van der Waals surface area (Å²) >= 11 is 1.50. The van der Waals surface area contributed by atoms with Gasteiger partial charge in [-0.2, -0.15) is 9.40 Å². The monoisotopic (exact) mass is 366 g/mol. The smallest absolute Gasteiger partial charge is 0.246 e. The first-order valence-corrected chi connectivity index (χ1v) is 10.3. The Hall–Kier alpha value is -1.65. The van der Waals surface area contributed by atoms with Gasteiger partial charge in [0.1, 0.15) is 10.7 Å². The number of anilines is 1. The third-order valence-corrected chi connectivity index (χ3v) is 7.03. The fraction of sp³-hybridized carbons (Fsp3) is 0.500. The van der Waals surface area contributed by atoms with Gasteiger partial charge in [0.2, 0.25) is 10.0 Å². The van der Waals surface area contributed by atoms with E-state index in [4.69, 9.17) is 0 Å². The van der Waals surface area contributed by atoms with E-state index in [0.29, 0.717) is 13.1 Å². The molecule has 0 spiro atoms. The Morgan fingerprint density at radius 3 is 2.67 bits per heavy atom. The lowest BCUT2D eigenvalue weighted by Gasteiger charge is -2.55. The lowest BCUT2D eigenvalue weighted by molar-refractivity contribution is 0.0874. The van der Waals surface area contributed by atoms with Gasteiger partial charge >= 0.3 is 0 Å². The number of rotatable bonds is 4. The van der Waals surface area contributed by atoms with E-state index in [-0.39, 0.29) is 17.0 Å². The molecule has 5 rings (SSSR count). The summed E-state index contributed by atoms with van der Waals surface area (Å²) in [5.74, 6) is 0.863. The summed E-state index contributed by atoms with van der Waals surface area (Å²) in [5.41, 5.74) is 0. The summed E-state index contributed by atoms with van der Waals surface area (Å²) in [6, 6.07) is 1.85. The maximum atomic E-state index is 12.8. The Balaban J connectivity index is 1.54. The average Bonchev–Trinajstić information content (AvgIpc) is 3.02. The molecule has 8 nitrogen and oxygen atoms in total. The van der Waals surface area contributed by atoms with Gasteiger partial charge < -0.3 is 4.90 Å². The zero-order chi connectivity index (χ0) is 16.9. The van der Waals surface area contributed by atoms with Gasteiger partial charge in [-0.3, -0.25) is 4.68 Å². The summed E-state index contributed by atoms with van der Waals surface area (Å²) in [6.07, 6.45) is 7.55. The highest BCUT2D eigenvalue weighted by atomic mass is 32.2. The largest absolute Gasteiger partial charge is 0.353 e. The predicted molar refractivity (Wildman–Crippen MR) is 90.5 cm³/mol. The van der Waals surface area contributed by atoms with Crippen LogP contribution in [0.4, 0.5) is 5.82 Å². The standard InChI is InChI=1S/C14H18N6O2S2/c1-18-9-12(6-16-18)24(21,22)20-10-5-11(20)8-19(7-10)13-3-4-15-14(17-13)23-2/h3-4,6,9-11H,5,7-8H2,1-2H3. The number of piperidine rings is 1. The Morgan fingerprint density at radius 1 is 1.29 bits per heavy atom. The number of thioether (sulfide) groups is 1. The van der Waals surface area contributed by atoms with Crippen molar-refractivity contribution in [2.45, 2.75) is 28.6 Å². The number of fused-ring (bicyclic) bond motifs is 2. The van der Waals surface area contributed by atoms with Crippen molar-refractivity contribution in [2.75, 3.05) is 24.2 Å². The quantitative estimate of drug-likeness (QED) is 0.578. The van der Waals surface area contributed by atoms with E-state index in [9.17, 15) is 8.42 Å². The molecule has 2 aromatic rings. The molecule has 2 atom stereocenters. The van der Waals surface area contributed by atoms with Gasteiger partial charge in [-0.05, 0) is 18.7 Å². The molecule has 0 aromatic carbocycles. The number of aromatic nitrogens is 4. The fourth-order valence-corrected chi connectivity index (χ4v) is 5.57. The first kappa shape index (κ1) is 15.9. The van der Waals surface area contributed by atoms with Crippen molar-refractivity contribution in [3.8, 4) is 0 Å². The Morgan fingerprint density at radius 2 is 2.04 bits per heavy atom. The van der Waals surface area contributed by atoms with Crippen LogP contribution in [0.3, 0.4) is 0 Å². The minimum absolute atomic E-state index is 0.0124. The maximum absolute atomic E-state index is 12.8. The van der Waals surface area contributed by atoms with Gasteiger partial charge in [0.05, 0.1) is 6.20 Å². The fourth-order valence-electron chi connectivity index (χ4n) is 3.41. The number of aryl methyl sites for hydroxylation is 1. The molecule has 3 saturated heterocycles. The minimum Gasteiger partial charge on any atom is -0.353 e. The molecule has 3 fully saturated rings. The van der Waals surface area contributed by atoms with Crippen molar-refractivity contribution in [1.82, 2.24) is 24.1 Å². The van der Waals surface area contributed by atoms with Gasteiger partial charge in [0.15, 0.2) is 5.16 Å². The summed E-state index contributed by atoms with van der Waals surface area (Å²) in [6.45, 7) is 1.31. The van der Waals surface area contributed by atoms with Gasteiger partial charge in [0, 0.05) is 44.6 Å². The molecule has 2 bridgehead atoms. The number of nitrogens with zero attached hydrogens (tertiary/aromatic N) is 6. The molecule has 3 aliphatic heterocycles. The van der Waals surface area contributed by atoms with Crippen molar-refractivity contribution in [2.24, 2.45) is 7.05 Å². The highest BCUT2D eigenvalue weighted by Crippen LogP contribution is 2.38. The van der Waals surface area contributed by atoms with Crippen molar-refractivity contribution in [3.63, 3.8) is 0 Å². The van der Waals surface area contributed by atoms with Gasteiger partial charge in [0.25, 0.3) is 0 Å². The van der Waals surface area contributed by atoms with Crippen LogP contribution in [0.25, 0.3) is 0 Å². The van der Waals surface area contributed by atoms with Gasteiger partial charge in [-0.1, -0.05) is 11.8 Å². The van der Waals surface area contributed by atoms with E-state index in [1.165, 1.54) is 22.6 Å². The van der Waals surface area contributed by atoms with E-state index in [0.717, 1.165) is 17.4 Å². The molecule has 0 saturated carbocycles. The van der Waals surface area contributed by atoms with Crippen LogP contribution >= 0.6 is 11.8 Å². The minimum atomic E-state index is -3.47. The molecular formula is C14H18N6O2S2. The molecule has 5 heterocycles. The van der Waals surface area contributed by atoms with Crippen molar-refractivity contribution >= 4 is 27.6 Å². The third kappa shape index (κ3) is 2.49. The normalized spacial score (nSPS) is 24.0. The molecule has 2 unspecified atom stereocenters. The SMILES string of the molecule is CSc1nccc(N2CC3CC(C2)N3S(=O)(=O)c2cnn(C)c2)n1. The van der Waals surface area contributed by atoms with Crippen LogP contribution in [0.5, 0.6) is 0 Å². The maximum Gasteiger partial charge on any atom is 0.246 e. The van der Waals surface area contributed by atoms with Crippen molar-refractivity contribution in [1.29, 1.82) is 0 Å².